The third kappa shape index (κ3) is 5.80. The number of thioether (sulfide) groups is 1. The van der Waals surface area contributed by atoms with Gasteiger partial charge in [-0.15, -0.1) is 0 Å². The average Bonchev–Trinajstić information content (AvgIpc) is 3.20. The molecule has 1 N–H and O–H groups in total. The second-order valence-corrected chi connectivity index (χ2v) is 10.1. The Morgan fingerprint density at radius 3 is 2.60 bits per heavy atom. The molecule has 4 aromatic rings. The molecule has 4 aromatic carbocycles. The predicted octanol–water partition coefficient (Wildman–Crippen LogP) is 6.89. The number of methoxy groups -OCH3 is 1. The highest BCUT2D eigenvalue weighted by Crippen LogP contribution is 2.35. The van der Waals surface area contributed by atoms with Crippen LogP contribution in [0.2, 0.25) is 5.02 Å². The Kier molecular flexibility index (Phi) is 8.04. The Morgan fingerprint density at radius 1 is 1.02 bits per heavy atom. The highest BCUT2D eigenvalue weighted by atomic mass is 35.5. The highest BCUT2D eigenvalue weighted by molar-refractivity contribution is 8.18. The van der Waals surface area contributed by atoms with Gasteiger partial charge in [-0.1, -0.05) is 60.1 Å². The van der Waals surface area contributed by atoms with Gasteiger partial charge in [0.2, 0.25) is 5.91 Å². The molecule has 0 atom stereocenters. The number of benzene rings is 4. The van der Waals surface area contributed by atoms with E-state index in [4.69, 9.17) is 21.1 Å². The summed E-state index contributed by atoms with van der Waals surface area (Å²) >= 11 is 6.84. The monoisotopic (exact) mass is 576 g/mol. The van der Waals surface area contributed by atoms with E-state index < -0.39 is 29.4 Å². The van der Waals surface area contributed by atoms with Gasteiger partial charge in [-0.05, 0) is 59.1 Å². The van der Waals surface area contributed by atoms with Gasteiger partial charge in [0.15, 0.2) is 11.5 Å². The van der Waals surface area contributed by atoms with E-state index in [2.05, 4.69) is 5.32 Å². The van der Waals surface area contributed by atoms with Crippen molar-refractivity contribution >= 4 is 63.0 Å². The Labute approximate surface area is 238 Å². The lowest BCUT2D eigenvalue weighted by molar-refractivity contribution is -0.127. The van der Waals surface area contributed by atoms with Gasteiger partial charge < -0.3 is 14.8 Å². The van der Waals surface area contributed by atoms with Crippen LogP contribution in [0.25, 0.3) is 16.8 Å². The van der Waals surface area contributed by atoms with Crippen LogP contribution >= 0.6 is 23.4 Å². The molecule has 0 unspecified atom stereocenters. The molecule has 40 heavy (non-hydrogen) atoms. The third-order valence-electron chi connectivity index (χ3n) is 6.16. The zero-order chi connectivity index (χ0) is 28.2. The molecule has 0 radical (unpaired) electrons. The molecule has 0 spiro atoms. The Bertz CT molecular complexity index is 1650. The molecule has 1 aliphatic rings. The number of carbonyl (C=O) groups excluding carboxylic acids is 3. The molecular formula is C30H22ClFN2O5S. The van der Waals surface area contributed by atoms with Crippen molar-refractivity contribution in [2.75, 3.05) is 19.0 Å². The number of ether oxygens (including phenoxy) is 2. The highest BCUT2D eigenvalue weighted by Gasteiger charge is 2.36. The molecule has 1 fully saturated rings. The number of fused-ring (bicyclic) bond motifs is 1. The number of hydrogen-bond acceptors (Lipinski definition) is 6. The minimum atomic E-state index is -0.584. The predicted molar refractivity (Wildman–Crippen MR) is 154 cm³/mol. The lowest BCUT2D eigenvalue weighted by Crippen LogP contribution is -2.36. The van der Waals surface area contributed by atoms with Crippen molar-refractivity contribution in [1.29, 1.82) is 0 Å². The van der Waals surface area contributed by atoms with Crippen LogP contribution < -0.4 is 14.8 Å². The Hall–Kier alpha value is -4.34. The summed E-state index contributed by atoms with van der Waals surface area (Å²) in [6, 6.07) is 22.4. The van der Waals surface area contributed by atoms with E-state index in [1.165, 1.54) is 25.3 Å². The fraction of sp³-hybridized carbons (Fsp3) is 0.100. The normalized spacial score (nSPS) is 14.2. The van der Waals surface area contributed by atoms with Crippen molar-refractivity contribution in [3.63, 3.8) is 0 Å². The molecule has 1 aliphatic heterocycles. The summed E-state index contributed by atoms with van der Waals surface area (Å²) in [4.78, 5) is 39.5. The first-order chi connectivity index (χ1) is 19.3. The van der Waals surface area contributed by atoms with Gasteiger partial charge in [0.25, 0.3) is 11.1 Å². The molecule has 5 rings (SSSR count). The van der Waals surface area contributed by atoms with Crippen LogP contribution in [-0.2, 0) is 16.2 Å². The number of rotatable bonds is 8. The topological polar surface area (TPSA) is 84.9 Å². The number of halogens is 2. The number of nitrogens with one attached hydrogen (secondary N) is 1. The minimum Gasteiger partial charge on any atom is -0.493 e. The van der Waals surface area contributed by atoms with Gasteiger partial charge in [0.05, 0.1) is 17.0 Å². The van der Waals surface area contributed by atoms with Gasteiger partial charge in [0, 0.05) is 16.6 Å². The largest absolute Gasteiger partial charge is 0.493 e. The zero-order valence-corrected chi connectivity index (χ0v) is 22.7. The van der Waals surface area contributed by atoms with Crippen LogP contribution in [0, 0.1) is 5.82 Å². The molecule has 0 aromatic heterocycles. The van der Waals surface area contributed by atoms with E-state index >= 15 is 0 Å². The second kappa shape index (κ2) is 11.8. The van der Waals surface area contributed by atoms with E-state index in [1.807, 2.05) is 36.4 Å². The van der Waals surface area contributed by atoms with Crippen LogP contribution in [0.3, 0.4) is 0 Å². The number of nitrogens with zero attached hydrogens (tertiary/aromatic N) is 1. The number of anilines is 1. The van der Waals surface area contributed by atoms with E-state index in [0.717, 1.165) is 27.4 Å². The maximum Gasteiger partial charge on any atom is 0.294 e. The van der Waals surface area contributed by atoms with Gasteiger partial charge in [0.1, 0.15) is 19.0 Å². The van der Waals surface area contributed by atoms with Gasteiger partial charge in [-0.25, -0.2) is 4.39 Å². The second-order valence-electron chi connectivity index (χ2n) is 8.74. The molecule has 0 bridgehead atoms. The first-order valence-electron chi connectivity index (χ1n) is 12.1. The summed E-state index contributed by atoms with van der Waals surface area (Å²) in [5.41, 5.74) is 1.33. The van der Waals surface area contributed by atoms with Gasteiger partial charge in [-0.3, -0.25) is 19.3 Å². The van der Waals surface area contributed by atoms with Crippen molar-refractivity contribution < 1.29 is 28.2 Å². The lowest BCUT2D eigenvalue weighted by atomic mass is 10.1. The summed E-state index contributed by atoms with van der Waals surface area (Å²) in [6.07, 6.45) is 1.52. The quantitative estimate of drug-likeness (QED) is 0.230. The van der Waals surface area contributed by atoms with Crippen molar-refractivity contribution in [1.82, 2.24) is 4.90 Å². The van der Waals surface area contributed by atoms with E-state index in [-0.39, 0.29) is 22.1 Å². The molecule has 0 aliphatic carbocycles. The molecule has 10 heteroatoms. The lowest BCUT2D eigenvalue weighted by Gasteiger charge is -2.14. The van der Waals surface area contributed by atoms with Crippen LogP contribution in [0.1, 0.15) is 11.1 Å². The smallest absolute Gasteiger partial charge is 0.294 e. The molecule has 7 nitrogen and oxygen atoms in total. The van der Waals surface area contributed by atoms with Gasteiger partial charge in [-0.2, -0.15) is 0 Å². The number of amides is 3. The fourth-order valence-corrected chi connectivity index (χ4v) is 5.23. The van der Waals surface area contributed by atoms with Crippen LogP contribution in [0.4, 0.5) is 14.9 Å². The number of imide groups is 1. The summed E-state index contributed by atoms with van der Waals surface area (Å²) in [7, 11) is 1.46. The summed E-state index contributed by atoms with van der Waals surface area (Å²) in [5.74, 6) is -0.890. The number of hydrogen-bond donors (Lipinski definition) is 1. The Balaban J connectivity index is 1.30. The summed E-state index contributed by atoms with van der Waals surface area (Å²) < 4.78 is 25.3. The van der Waals surface area contributed by atoms with Crippen molar-refractivity contribution in [3.05, 3.63) is 106 Å². The minimum absolute atomic E-state index is 0.145. The first kappa shape index (κ1) is 27.2. The first-order valence-corrected chi connectivity index (χ1v) is 13.3. The molecule has 202 valence electrons. The fourth-order valence-electron chi connectivity index (χ4n) is 4.17. The maximum absolute atomic E-state index is 14.2. The third-order valence-corrected chi connectivity index (χ3v) is 7.42. The van der Waals surface area contributed by atoms with Crippen molar-refractivity contribution in [2.24, 2.45) is 0 Å². The summed E-state index contributed by atoms with van der Waals surface area (Å²) in [5, 5.41) is 4.27. The van der Waals surface area contributed by atoms with Crippen LogP contribution in [0.15, 0.2) is 83.8 Å². The molecule has 3 amide bonds. The van der Waals surface area contributed by atoms with E-state index in [9.17, 15) is 18.8 Å². The van der Waals surface area contributed by atoms with Crippen LogP contribution in [0.5, 0.6) is 11.5 Å². The average molecular weight is 577 g/mol. The molecule has 1 heterocycles. The van der Waals surface area contributed by atoms with E-state index in [1.54, 1.807) is 30.3 Å². The van der Waals surface area contributed by atoms with Crippen LogP contribution in [-0.4, -0.2) is 35.6 Å². The summed E-state index contributed by atoms with van der Waals surface area (Å²) in [6.45, 7) is -0.570. The standard InChI is InChI=1S/C30H22ClFN2O5S/c1-38-25-13-12-18(14-26(25)39-17-21-22(31)9-5-10-23(21)32)15-27-29(36)34(30(37)40-27)16-28(35)33-24-11-4-7-19-6-2-3-8-20(19)24/h2-15H,16-17H2,1H3,(H,33,35)/b27-15+. The molecular weight excluding hydrogens is 555 g/mol. The number of carbonyl (C=O) groups is 3. The SMILES string of the molecule is COc1ccc(/C=C2/SC(=O)N(CC(=O)Nc3cccc4ccccc34)C2=O)cc1OCc1c(F)cccc1Cl. The maximum atomic E-state index is 14.2. The Morgan fingerprint density at radius 2 is 1.80 bits per heavy atom. The van der Waals surface area contributed by atoms with Crippen molar-refractivity contribution in [3.8, 4) is 11.5 Å². The molecule has 0 saturated carbocycles. The van der Waals surface area contributed by atoms with Gasteiger partial charge >= 0.3 is 0 Å². The van der Waals surface area contributed by atoms with E-state index in [0.29, 0.717) is 22.7 Å². The zero-order valence-electron chi connectivity index (χ0n) is 21.1. The molecule has 1 saturated heterocycles. The van der Waals surface area contributed by atoms with Crippen molar-refractivity contribution in [2.45, 2.75) is 6.61 Å².